The van der Waals surface area contributed by atoms with Crippen molar-refractivity contribution in [2.45, 2.75) is 51.4 Å². The molecule has 4 rings (SSSR count). The number of carbonyl (C=O) groups is 1. The zero-order valence-corrected chi connectivity index (χ0v) is 18.6. The fourth-order valence-electron chi connectivity index (χ4n) is 4.50. The summed E-state index contributed by atoms with van der Waals surface area (Å²) in [5.74, 6) is -0.242. The lowest BCUT2D eigenvalue weighted by atomic mass is 9.94. The zero-order chi connectivity index (χ0) is 24.5. The minimum atomic E-state index is -4.41. The summed E-state index contributed by atoms with van der Waals surface area (Å²) in [7, 11) is 0. The summed E-state index contributed by atoms with van der Waals surface area (Å²) in [4.78, 5) is 27.1. The molecule has 0 radical (unpaired) electrons. The van der Waals surface area contributed by atoms with Gasteiger partial charge in [-0.15, -0.1) is 0 Å². The van der Waals surface area contributed by atoms with Crippen LogP contribution in [0.3, 0.4) is 0 Å². The van der Waals surface area contributed by atoms with Crippen LogP contribution in [0.5, 0.6) is 5.75 Å². The lowest BCUT2D eigenvalue weighted by Crippen LogP contribution is -2.39. The van der Waals surface area contributed by atoms with E-state index in [1.54, 1.807) is 18.0 Å². The number of alkyl halides is 3. The summed E-state index contributed by atoms with van der Waals surface area (Å²) in [5, 5.41) is 16.6. The maximum atomic E-state index is 13.2. The molecule has 1 aliphatic rings. The van der Waals surface area contributed by atoms with Gasteiger partial charge < -0.3 is 14.6 Å². The summed E-state index contributed by atoms with van der Waals surface area (Å²) in [6.45, 7) is 2.41. The van der Waals surface area contributed by atoms with Crippen molar-refractivity contribution in [2.24, 2.45) is 0 Å². The van der Waals surface area contributed by atoms with Gasteiger partial charge in [-0.25, -0.2) is 0 Å². The fraction of sp³-hybridized carbons (Fsp3) is 0.375. The summed E-state index contributed by atoms with van der Waals surface area (Å²) in [5.41, 5.74) is 1.39. The third kappa shape index (κ3) is 4.85. The molecule has 0 bridgehead atoms. The van der Waals surface area contributed by atoms with Crippen molar-refractivity contribution in [3.8, 4) is 16.9 Å². The predicted octanol–water partition coefficient (Wildman–Crippen LogP) is 4.42. The van der Waals surface area contributed by atoms with Gasteiger partial charge in [0.25, 0.3) is 5.56 Å². The molecular weight excluding hydrogens is 449 g/mol. The summed E-state index contributed by atoms with van der Waals surface area (Å²) in [6.07, 6.45) is -0.317. The molecule has 1 aliphatic heterocycles. The molecule has 1 amide bonds. The Balaban J connectivity index is 1.55. The first-order valence-corrected chi connectivity index (χ1v) is 11.1. The Labute approximate surface area is 193 Å². The van der Waals surface area contributed by atoms with Crippen molar-refractivity contribution >= 4 is 5.91 Å². The van der Waals surface area contributed by atoms with Crippen LogP contribution in [0.2, 0.25) is 0 Å². The molecule has 0 aliphatic carbocycles. The average Bonchev–Trinajstić information content (AvgIpc) is 3.27. The highest BCUT2D eigenvalue weighted by Crippen LogP contribution is 2.37. The molecule has 2 N–H and O–H groups in total. The van der Waals surface area contributed by atoms with Crippen LogP contribution >= 0.6 is 0 Å². The zero-order valence-electron chi connectivity index (χ0n) is 18.6. The molecule has 180 valence electrons. The number of pyridine rings is 1. The highest BCUT2D eigenvalue weighted by molar-refractivity contribution is 5.77. The van der Waals surface area contributed by atoms with E-state index in [4.69, 9.17) is 0 Å². The molecule has 0 spiro atoms. The Kier molecular flexibility index (Phi) is 6.49. The van der Waals surface area contributed by atoms with Gasteiger partial charge in [-0.3, -0.25) is 14.7 Å². The van der Waals surface area contributed by atoms with Crippen LogP contribution in [0.4, 0.5) is 13.2 Å². The van der Waals surface area contributed by atoms with Gasteiger partial charge in [0, 0.05) is 36.8 Å². The van der Waals surface area contributed by atoms with Crippen molar-refractivity contribution in [3.05, 3.63) is 69.9 Å². The number of hydrogen-bond donors (Lipinski definition) is 2. The Bertz CT molecular complexity index is 1230. The van der Waals surface area contributed by atoms with E-state index >= 15 is 0 Å². The minimum absolute atomic E-state index is 0.103. The number of aromatic nitrogens is 3. The summed E-state index contributed by atoms with van der Waals surface area (Å²) in [6, 6.07) is 7.18. The van der Waals surface area contributed by atoms with Gasteiger partial charge >= 0.3 is 6.18 Å². The maximum Gasteiger partial charge on any atom is 0.416 e. The van der Waals surface area contributed by atoms with Crippen molar-refractivity contribution in [3.63, 3.8) is 0 Å². The average molecular weight is 474 g/mol. The van der Waals surface area contributed by atoms with E-state index in [2.05, 4.69) is 10.2 Å². The van der Waals surface area contributed by atoms with Crippen LogP contribution in [-0.2, 0) is 17.5 Å². The Morgan fingerprint density at radius 2 is 1.94 bits per heavy atom. The topological polar surface area (TPSA) is 91.2 Å². The second-order valence-electron chi connectivity index (χ2n) is 8.47. The lowest BCUT2D eigenvalue weighted by Gasteiger charge is -2.36. The van der Waals surface area contributed by atoms with E-state index in [0.717, 1.165) is 31.0 Å². The molecule has 0 unspecified atom stereocenters. The number of nitrogens with one attached hydrogen (secondary N) is 1. The molecule has 2 aromatic heterocycles. The van der Waals surface area contributed by atoms with E-state index in [0.29, 0.717) is 35.5 Å². The monoisotopic (exact) mass is 474 g/mol. The Hall–Kier alpha value is -3.56. The van der Waals surface area contributed by atoms with Crippen molar-refractivity contribution < 1.29 is 23.1 Å². The van der Waals surface area contributed by atoms with Crippen LogP contribution in [0.15, 0.2) is 47.4 Å². The summed E-state index contributed by atoms with van der Waals surface area (Å²) >= 11 is 0. The largest absolute Gasteiger partial charge is 0.508 e. The number of nitrogens with zero attached hydrogens (tertiary/aromatic N) is 3. The number of aromatic amines is 1. The number of rotatable bonds is 5. The summed E-state index contributed by atoms with van der Waals surface area (Å²) < 4.78 is 40.3. The van der Waals surface area contributed by atoms with E-state index in [1.807, 2.05) is 0 Å². The molecule has 34 heavy (non-hydrogen) atoms. The molecular formula is C24H25F3N4O3. The van der Waals surface area contributed by atoms with Crippen LogP contribution in [0, 0.1) is 6.92 Å². The number of piperidine rings is 1. The van der Waals surface area contributed by atoms with Crippen molar-refractivity contribution in [1.82, 2.24) is 19.7 Å². The first-order valence-electron chi connectivity index (χ1n) is 11.1. The maximum absolute atomic E-state index is 13.2. The number of amides is 1. The van der Waals surface area contributed by atoms with Gasteiger partial charge in [-0.2, -0.15) is 18.3 Å². The third-order valence-electron chi connectivity index (χ3n) is 6.22. The van der Waals surface area contributed by atoms with Gasteiger partial charge in [-0.1, -0.05) is 12.1 Å². The lowest BCUT2D eigenvalue weighted by molar-refractivity contribution is -0.137. The Morgan fingerprint density at radius 1 is 1.21 bits per heavy atom. The van der Waals surface area contributed by atoms with Crippen molar-refractivity contribution in [1.29, 1.82) is 0 Å². The van der Waals surface area contributed by atoms with Gasteiger partial charge in [0.05, 0.1) is 23.5 Å². The van der Waals surface area contributed by atoms with Gasteiger partial charge in [0.2, 0.25) is 5.91 Å². The number of benzene rings is 1. The number of aryl methyl sites for hydroxylation is 1. The third-order valence-corrected chi connectivity index (χ3v) is 6.22. The normalized spacial score (nSPS) is 16.6. The molecule has 7 nitrogen and oxygen atoms in total. The quantitative estimate of drug-likeness (QED) is 0.573. The molecule has 1 atom stereocenters. The molecule has 3 aromatic rings. The van der Waals surface area contributed by atoms with Crippen LogP contribution in [-0.4, -0.2) is 37.2 Å². The number of hydrogen-bond acceptors (Lipinski definition) is 4. The molecule has 1 saturated heterocycles. The van der Waals surface area contributed by atoms with Gasteiger partial charge in [0.15, 0.2) is 0 Å². The van der Waals surface area contributed by atoms with Crippen LogP contribution in [0.25, 0.3) is 11.1 Å². The highest BCUT2D eigenvalue weighted by atomic mass is 19.4. The van der Waals surface area contributed by atoms with Crippen LogP contribution < -0.4 is 5.56 Å². The molecule has 1 aromatic carbocycles. The van der Waals surface area contributed by atoms with E-state index in [9.17, 15) is 27.9 Å². The fourth-order valence-corrected chi connectivity index (χ4v) is 4.50. The molecule has 0 saturated carbocycles. The standard InChI is InChI=1S/C24H25F3N4O3/c1-15-12-18(32)13-22(34)30(15)11-9-21(33)31-10-3-2-4-20(31)23-19(14-28-29-23)16-5-7-17(8-6-16)24(25,26)27/h5-8,12-14,20,32H,2-4,9-11H2,1H3,(H,28,29)/t20-/m0/s1. The first-order chi connectivity index (χ1) is 16.1. The van der Waals surface area contributed by atoms with E-state index in [-0.39, 0.29) is 36.2 Å². The smallest absolute Gasteiger partial charge is 0.416 e. The number of H-pyrrole nitrogens is 1. The number of halogens is 3. The second kappa shape index (κ2) is 9.36. The first kappa shape index (κ1) is 23.6. The van der Waals surface area contributed by atoms with Crippen LogP contribution in [0.1, 0.15) is 48.7 Å². The SMILES string of the molecule is Cc1cc(O)cc(=O)n1CCC(=O)N1CCCC[C@H]1c1[nH]ncc1-c1ccc(C(F)(F)F)cc1. The molecule has 3 heterocycles. The van der Waals surface area contributed by atoms with Crippen molar-refractivity contribution in [2.75, 3.05) is 6.54 Å². The Morgan fingerprint density at radius 3 is 2.62 bits per heavy atom. The minimum Gasteiger partial charge on any atom is -0.508 e. The van der Waals surface area contributed by atoms with Gasteiger partial charge in [0.1, 0.15) is 5.75 Å². The van der Waals surface area contributed by atoms with E-state index < -0.39 is 11.7 Å². The van der Waals surface area contributed by atoms with Gasteiger partial charge in [-0.05, 0) is 49.9 Å². The predicted molar refractivity (Wildman–Crippen MR) is 119 cm³/mol. The molecule has 1 fully saturated rings. The molecule has 10 heteroatoms. The van der Waals surface area contributed by atoms with E-state index in [1.165, 1.54) is 22.8 Å². The highest BCUT2D eigenvalue weighted by Gasteiger charge is 2.32. The number of aromatic hydroxyl groups is 1. The number of carbonyl (C=O) groups excluding carboxylic acids is 1. The second-order valence-corrected chi connectivity index (χ2v) is 8.47. The number of likely N-dealkylation sites (tertiary alicyclic amines) is 1.